The molecule has 0 aromatic heterocycles. The van der Waals surface area contributed by atoms with Crippen LogP contribution in [-0.4, -0.2) is 37.6 Å². The number of hydrogen-bond acceptors (Lipinski definition) is 2. The fourth-order valence-corrected chi connectivity index (χ4v) is 2.89. The molecule has 1 fully saturated rings. The standard InChI is InChI=1S/C17H25NO2/c1-20-13-11-17(19)18-12-5-8-16(14-18)10-9-15-6-3-2-4-7-15/h2-4,6-7,16H,5,8-14H2,1H3/t16-/m1/s1. The van der Waals surface area contributed by atoms with Gasteiger partial charge in [0.05, 0.1) is 13.0 Å². The van der Waals surface area contributed by atoms with Crippen LogP contribution in [0.5, 0.6) is 0 Å². The average molecular weight is 275 g/mol. The number of carbonyl (C=O) groups is 1. The molecular weight excluding hydrogens is 250 g/mol. The Morgan fingerprint density at radius 2 is 2.15 bits per heavy atom. The van der Waals surface area contributed by atoms with Crippen LogP contribution in [0.25, 0.3) is 0 Å². The van der Waals surface area contributed by atoms with Gasteiger partial charge in [-0.05, 0) is 37.2 Å². The van der Waals surface area contributed by atoms with Crippen molar-refractivity contribution in [1.29, 1.82) is 0 Å². The molecule has 20 heavy (non-hydrogen) atoms. The minimum atomic E-state index is 0.247. The topological polar surface area (TPSA) is 29.5 Å². The first-order chi connectivity index (χ1) is 9.79. The van der Waals surface area contributed by atoms with E-state index >= 15 is 0 Å². The number of ether oxygens (including phenoxy) is 1. The second-order valence-electron chi connectivity index (χ2n) is 5.62. The van der Waals surface area contributed by atoms with Crippen molar-refractivity contribution in [2.24, 2.45) is 5.92 Å². The Hall–Kier alpha value is -1.35. The Morgan fingerprint density at radius 3 is 2.90 bits per heavy atom. The molecule has 0 saturated carbocycles. The zero-order valence-corrected chi connectivity index (χ0v) is 12.4. The number of aryl methyl sites for hydroxylation is 1. The number of nitrogens with zero attached hydrogens (tertiary/aromatic N) is 1. The van der Waals surface area contributed by atoms with Crippen LogP contribution < -0.4 is 0 Å². The maximum atomic E-state index is 12.0. The van der Waals surface area contributed by atoms with Crippen molar-refractivity contribution in [3.63, 3.8) is 0 Å². The highest BCUT2D eigenvalue weighted by Gasteiger charge is 2.22. The summed E-state index contributed by atoms with van der Waals surface area (Å²) in [6.07, 6.45) is 5.20. The number of piperidine rings is 1. The van der Waals surface area contributed by atoms with Crippen LogP contribution in [-0.2, 0) is 16.0 Å². The minimum absolute atomic E-state index is 0.247. The van der Waals surface area contributed by atoms with Gasteiger partial charge in [-0.15, -0.1) is 0 Å². The summed E-state index contributed by atoms with van der Waals surface area (Å²) in [6.45, 7) is 2.38. The molecule has 0 N–H and O–H groups in total. The molecule has 1 aliphatic heterocycles. The summed E-state index contributed by atoms with van der Waals surface area (Å²) in [6, 6.07) is 10.6. The molecular formula is C17H25NO2. The van der Waals surface area contributed by atoms with Crippen molar-refractivity contribution in [3.05, 3.63) is 35.9 Å². The monoisotopic (exact) mass is 275 g/mol. The highest BCUT2D eigenvalue weighted by molar-refractivity contribution is 5.76. The number of amides is 1. The van der Waals surface area contributed by atoms with Crippen molar-refractivity contribution in [1.82, 2.24) is 4.90 Å². The van der Waals surface area contributed by atoms with Gasteiger partial charge in [0.25, 0.3) is 0 Å². The third kappa shape index (κ3) is 4.64. The second-order valence-corrected chi connectivity index (χ2v) is 5.62. The van der Waals surface area contributed by atoms with E-state index in [2.05, 4.69) is 30.3 Å². The molecule has 1 atom stereocenters. The third-order valence-electron chi connectivity index (χ3n) is 4.08. The average Bonchev–Trinajstić information content (AvgIpc) is 2.52. The zero-order valence-electron chi connectivity index (χ0n) is 12.4. The number of rotatable bonds is 6. The smallest absolute Gasteiger partial charge is 0.224 e. The Kier molecular flexibility index (Phi) is 6.06. The second kappa shape index (κ2) is 8.05. The van der Waals surface area contributed by atoms with E-state index in [0.29, 0.717) is 18.9 Å². The van der Waals surface area contributed by atoms with Gasteiger partial charge >= 0.3 is 0 Å². The number of benzene rings is 1. The van der Waals surface area contributed by atoms with E-state index in [0.717, 1.165) is 25.9 Å². The van der Waals surface area contributed by atoms with E-state index in [9.17, 15) is 4.79 Å². The fourth-order valence-electron chi connectivity index (χ4n) is 2.89. The molecule has 0 unspecified atom stereocenters. The van der Waals surface area contributed by atoms with Crippen molar-refractivity contribution < 1.29 is 9.53 Å². The Bertz CT molecular complexity index is 405. The Labute approximate surface area is 121 Å². The molecule has 1 heterocycles. The minimum Gasteiger partial charge on any atom is -0.384 e. The maximum absolute atomic E-state index is 12.0. The van der Waals surface area contributed by atoms with Crippen LogP contribution in [0.4, 0.5) is 0 Å². The molecule has 1 aromatic carbocycles. The van der Waals surface area contributed by atoms with Gasteiger partial charge < -0.3 is 9.64 Å². The highest BCUT2D eigenvalue weighted by atomic mass is 16.5. The van der Waals surface area contributed by atoms with Crippen molar-refractivity contribution in [3.8, 4) is 0 Å². The quantitative estimate of drug-likeness (QED) is 0.799. The molecule has 1 aromatic rings. The fraction of sp³-hybridized carbons (Fsp3) is 0.588. The number of methoxy groups -OCH3 is 1. The lowest BCUT2D eigenvalue weighted by Crippen LogP contribution is -2.40. The molecule has 3 heteroatoms. The molecule has 0 aliphatic carbocycles. The first-order valence-electron chi connectivity index (χ1n) is 7.60. The Balaban J connectivity index is 1.77. The van der Waals surface area contributed by atoms with Gasteiger partial charge in [0, 0.05) is 20.2 Å². The molecule has 0 radical (unpaired) electrons. The van der Waals surface area contributed by atoms with Gasteiger partial charge in [-0.1, -0.05) is 30.3 Å². The van der Waals surface area contributed by atoms with E-state index in [1.807, 2.05) is 4.90 Å². The molecule has 3 nitrogen and oxygen atoms in total. The van der Waals surface area contributed by atoms with Crippen LogP contribution in [0, 0.1) is 5.92 Å². The number of hydrogen-bond donors (Lipinski definition) is 0. The summed E-state index contributed by atoms with van der Waals surface area (Å²) < 4.78 is 4.99. The van der Waals surface area contributed by atoms with E-state index < -0.39 is 0 Å². The van der Waals surface area contributed by atoms with Crippen LogP contribution in [0.3, 0.4) is 0 Å². The molecule has 0 bridgehead atoms. The first kappa shape index (κ1) is 15.0. The summed E-state index contributed by atoms with van der Waals surface area (Å²) in [5, 5.41) is 0. The third-order valence-corrected chi connectivity index (χ3v) is 4.08. The molecule has 1 saturated heterocycles. The van der Waals surface area contributed by atoms with Gasteiger partial charge in [0.15, 0.2) is 0 Å². The zero-order chi connectivity index (χ0) is 14.2. The van der Waals surface area contributed by atoms with Gasteiger partial charge in [0.2, 0.25) is 5.91 Å². The van der Waals surface area contributed by atoms with Crippen LogP contribution >= 0.6 is 0 Å². The number of likely N-dealkylation sites (tertiary alicyclic amines) is 1. The lowest BCUT2D eigenvalue weighted by Gasteiger charge is -2.33. The molecule has 110 valence electrons. The first-order valence-corrected chi connectivity index (χ1v) is 7.60. The summed E-state index contributed by atoms with van der Waals surface area (Å²) in [7, 11) is 1.64. The van der Waals surface area contributed by atoms with Crippen LogP contribution in [0.2, 0.25) is 0 Å². The van der Waals surface area contributed by atoms with Gasteiger partial charge in [-0.2, -0.15) is 0 Å². The predicted octanol–water partition coefficient (Wildman–Crippen LogP) is 2.89. The predicted molar refractivity (Wildman–Crippen MR) is 80.6 cm³/mol. The van der Waals surface area contributed by atoms with Crippen molar-refractivity contribution in [2.45, 2.75) is 32.1 Å². The lowest BCUT2D eigenvalue weighted by atomic mass is 9.91. The van der Waals surface area contributed by atoms with Crippen molar-refractivity contribution in [2.75, 3.05) is 26.8 Å². The van der Waals surface area contributed by atoms with E-state index in [-0.39, 0.29) is 5.91 Å². The maximum Gasteiger partial charge on any atom is 0.224 e. The largest absolute Gasteiger partial charge is 0.384 e. The van der Waals surface area contributed by atoms with E-state index in [4.69, 9.17) is 4.74 Å². The summed E-state index contributed by atoms with van der Waals surface area (Å²) >= 11 is 0. The molecule has 0 spiro atoms. The molecule has 1 amide bonds. The Morgan fingerprint density at radius 1 is 1.35 bits per heavy atom. The van der Waals surface area contributed by atoms with E-state index in [1.54, 1.807) is 7.11 Å². The van der Waals surface area contributed by atoms with Crippen LogP contribution in [0.15, 0.2) is 30.3 Å². The van der Waals surface area contributed by atoms with Crippen LogP contribution in [0.1, 0.15) is 31.2 Å². The lowest BCUT2D eigenvalue weighted by molar-refractivity contribution is -0.134. The van der Waals surface area contributed by atoms with Gasteiger partial charge in [0.1, 0.15) is 0 Å². The number of carbonyl (C=O) groups excluding carboxylic acids is 1. The van der Waals surface area contributed by atoms with Gasteiger partial charge in [-0.3, -0.25) is 4.79 Å². The molecule has 1 aliphatic rings. The molecule has 2 rings (SSSR count). The SMILES string of the molecule is COCCC(=O)N1CCC[C@H](CCc2ccccc2)C1. The highest BCUT2D eigenvalue weighted by Crippen LogP contribution is 2.22. The van der Waals surface area contributed by atoms with Gasteiger partial charge in [-0.25, -0.2) is 0 Å². The summed E-state index contributed by atoms with van der Waals surface area (Å²) in [5.41, 5.74) is 1.40. The van der Waals surface area contributed by atoms with Crippen molar-refractivity contribution >= 4 is 5.91 Å². The van der Waals surface area contributed by atoms with E-state index in [1.165, 1.54) is 18.4 Å². The summed E-state index contributed by atoms with van der Waals surface area (Å²) in [4.78, 5) is 14.0. The normalized spacial score (nSPS) is 19.1. The summed E-state index contributed by atoms with van der Waals surface area (Å²) in [5.74, 6) is 0.895.